The fourth-order valence-electron chi connectivity index (χ4n) is 2.07. The highest BCUT2D eigenvalue weighted by Gasteiger charge is 2.00. The SMILES string of the molecule is CCNC(=NCc1cccc(F)c1)NCCc1cnn(C)c1. The largest absolute Gasteiger partial charge is 0.357 e. The number of hydrogen-bond donors (Lipinski definition) is 2. The van der Waals surface area contributed by atoms with Crippen molar-refractivity contribution in [3.8, 4) is 0 Å². The predicted octanol–water partition coefficient (Wildman–Crippen LogP) is 1.86. The lowest BCUT2D eigenvalue weighted by Gasteiger charge is -2.10. The van der Waals surface area contributed by atoms with Crippen molar-refractivity contribution in [2.24, 2.45) is 12.0 Å². The fourth-order valence-corrected chi connectivity index (χ4v) is 2.07. The van der Waals surface area contributed by atoms with Gasteiger partial charge in [-0.25, -0.2) is 9.38 Å². The Morgan fingerprint density at radius 1 is 1.32 bits per heavy atom. The zero-order valence-electron chi connectivity index (χ0n) is 13.0. The number of aryl methyl sites for hydroxylation is 1. The van der Waals surface area contributed by atoms with E-state index in [-0.39, 0.29) is 5.82 Å². The van der Waals surface area contributed by atoms with E-state index in [4.69, 9.17) is 0 Å². The molecular formula is C16H22FN5. The second kappa shape index (κ2) is 8.17. The lowest BCUT2D eigenvalue weighted by molar-refractivity contribution is 0.625. The van der Waals surface area contributed by atoms with Crippen molar-refractivity contribution in [1.29, 1.82) is 0 Å². The predicted molar refractivity (Wildman–Crippen MR) is 86.1 cm³/mol. The molecule has 1 aromatic carbocycles. The Bertz CT molecular complexity index is 621. The third-order valence-corrected chi connectivity index (χ3v) is 3.12. The lowest BCUT2D eigenvalue weighted by atomic mass is 10.2. The highest BCUT2D eigenvalue weighted by atomic mass is 19.1. The molecular weight excluding hydrogens is 281 g/mol. The molecule has 0 saturated heterocycles. The van der Waals surface area contributed by atoms with Crippen LogP contribution in [0.25, 0.3) is 0 Å². The van der Waals surface area contributed by atoms with Gasteiger partial charge in [-0.1, -0.05) is 12.1 Å². The molecule has 0 saturated carbocycles. The second-order valence-electron chi connectivity index (χ2n) is 5.02. The van der Waals surface area contributed by atoms with Crippen LogP contribution in [-0.2, 0) is 20.0 Å². The molecule has 2 aromatic rings. The number of hydrogen-bond acceptors (Lipinski definition) is 2. The summed E-state index contributed by atoms with van der Waals surface area (Å²) in [5.41, 5.74) is 2.03. The molecule has 0 aliphatic rings. The quantitative estimate of drug-likeness (QED) is 0.632. The summed E-state index contributed by atoms with van der Waals surface area (Å²) in [6, 6.07) is 6.50. The maximum Gasteiger partial charge on any atom is 0.191 e. The maximum absolute atomic E-state index is 13.1. The number of rotatable bonds is 6. The summed E-state index contributed by atoms with van der Waals surface area (Å²) in [4.78, 5) is 4.47. The number of aliphatic imine (C=N–C) groups is 1. The fraction of sp³-hybridized carbons (Fsp3) is 0.375. The Hall–Kier alpha value is -2.37. The molecule has 0 spiro atoms. The van der Waals surface area contributed by atoms with E-state index >= 15 is 0 Å². The van der Waals surface area contributed by atoms with Crippen LogP contribution in [0, 0.1) is 5.82 Å². The minimum absolute atomic E-state index is 0.234. The van der Waals surface area contributed by atoms with E-state index in [1.807, 2.05) is 32.4 Å². The van der Waals surface area contributed by atoms with Gasteiger partial charge in [0.25, 0.3) is 0 Å². The normalized spacial score (nSPS) is 11.5. The minimum atomic E-state index is -0.234. The van der Waals surface area contributed by atoms with E-state index < -0.39 is 0 Å². The van der Waals surface area contributed by atoms with E-state index in [1.165, 1.54) is 17.7 Å². The van der Waals surface area contributed by atoms with Gasteiger partial charge in [0.1, 0.15) is 5.82 Å². The van der Waals surface area contributed by atoms with Gasteiger partial charge in [0, 0.05) is 26.3 Å². The number of nitrogens with zero attached hydrogens (tertiary/aromatic N) is 3. The van der Waals surface area contributed by atoms with Gasteiger partial charge in [-0.15, -0.1) is 0 Å². The molecule has 0 aliphatic heterocycles. The molecule has 118 valence electrons. The van der Waals surface area contributed by atoms with Gasteiger partial charge in [0.2, 0.25) is 0 Å². The summed E-state index contributed by atoms with van der Waals surface area (Å²) in [5.74, 6) is 0.498. The molecule has 1 heterocycles. The summed E-state index contributed by atoms with van der Waals surface area (Å²) in [6.07, 6.45) is 4.73. The standard InChI is InChI=1S/C16H22FN5/c1-3-18-16(19-8-7-14-11-21-22(2)12-14)20-10-13-5-4-6-15(17)9-13/h4-6,9,11-12H,3,7-8,10H2,1-2H3,(H2,18,19,20). The molecule has 1 aromatic heterocycles. The Morgan fingerprint density at radius 3 is 2.86 bits per heavy atom. The van der Waals surface area contributed by atoms with E-state index in [2.05, 4.69) is 20.7 Å². The average molecular weight is 303 g/mol. The maximum atomic E-state index is 13.1. The zero-order chi connectivity index (χ0) is 15.8. The number of aromatic nitrogens is 2. The molecule has 0 aliphatic carbocycles. The van der Waals surface area contributed by atoms with Crippen LogP contribution >= 0.6 is 0 Å². The Labute approximate surface area is 130 Å². The van der Waals surface area contributed by atoms with Gasteiger partial charge < -0.3 is 10.6 Å². The van der Waals surface area contributed by atoms with Gasteiger partial charge in [-0.2, -0.15) is 5.10 Å². The first kappa shape index (κ1) is 16.0. The lowest BCUT2D eigenvalue weighted by Crippen LogP contribution is -2.38. The highest BCUT2D eigenvalue weighted by Crippen LogP contribution is 2.04. The Morgan fingerprint density at radius 2 is 2.18 bits per heavy atom. The van der Waals surface area contributed by atoms with Crippen molar-refractivity contribution in [2.75, 3.05) is 13.1 Å². The van der Waals surface area contributed by atoms with Crippen LogP contribution in [0.2, 0.25) is 0 Å². The van der Waals surface area contributed by atoms with Crippen LogP contribution in [0.1, 0.15) is 18.1 Å². The van der Waals surface area contributed by atoms with Crippen molar-refractivity contribution in [1.82, 2.24) is 20.4 Å². The van der Waals surface area contributed by atoms with E-state index in [9.17, 15) is 4.39 Å². The highest BCUT2D eigenvalue weighted by molar-refractivity contribution is 5.79. The molecule has 0 atom stereocenters. The Kier molecular flexibility index (Phi) is 5.94. The number of benzene rings is 1. The summed E-state index contributed by atoms with van der Waals surface area (Å²) in [6.45, 7) is 4.00. The summed E-state index contributed by atoms with van der Waals surface area (Å²) in [7, 11) is 1.90. The number of halogens is 1. The Balaban J connectivity index is 1.86. The van der Waals surface area contributed by atoms with Crippen LogP contribution in [0.3, 0.4) is 0 Å². The van der Waals surface area contributed by atoms with Gasteiger partial charge in [-0.3, -0.25) is 4.68 Å². The molecule has 0 fully saturated rings. The smallest absolute Gasteiger partial charge is 0.191 e. The van der Waals surface area contributed by atoms with Gasteiger partial charge >= 0.3 is 0 Å². The monoisotopic (exact) mass is 303 g/mol. The van der Waals surface area contributed by atoms with Crippen LogP contribution in [0.4, 0.5) is 4.39 Å². The van der Waals surface area contributed by atoms with Gasteiger partial charge in [0.15, 0.2) is 5.96 Å². The first-order chi connectivity index (χ1) is 10.7. The molecule has 5 nitrogen and oxygen atoms in total. The van der Waals surface area contributed by atoms with E-state index in [0.29, 0.717) is 6.54 Å². The molecule has 0 unspecified atom stereocenters. The molecule has 0 radical (unpaired) electrons. The van der Waals surface area contributed by atoms with Crippen molar-refractivity contribution in [3.05, 3.63) is 53.6 Å². The van der Waals surface area contributed by atoms with Crippen molar-refractivity contribution < 1.29 is 4.39 Å². The van der Waals surface area contributed by atoms with Crippen molar-refractivity contribution in [2.45, 2.75) is 19.9 Å². The second-order valence-corrected chi connectivity index (χ2v) is 5.02. The molecule has 0 amide bonds. The summed E-state index contributed by atoms with van der Waals surface area (Å²) in [5, 5.41) is 10.6. The van der Waals surface area contributed by atoms with Crippen LogP contribution < -0.4 is 10.6 Å². The zero-order valence-corrected chi connectivity index (χ0v) is 13.0. The summed E-state index contributed by atoms with van der Waals surface area (Å²) >= 11 is 0. The minimum Gasteiger partial charge on any atom is -0.357 e. The third kappa shape index (κ3) is 5.20. The molecule has 2 rings (SSSR count). The third-order valence-electron chi connectivity index (χ3n) is 3.12. The summed E-state index contributed by atoms with van der Waals surface area (Å²) < 4.78 is 14.9. The topological polar surface area (TPSA) is 54.2 Å². The first-order valence-electron chi connectivity index (χ1n) is 7.41. The van der Waals surface area contributed by atoms with Crippen molar-refractivity contribution in [3.63, 3.8) is 0 Å². The van der Waals surface area contributed by atoms with Crippen LogP contribution in [0.5, 0.6) is 0 Å². The number of nitrogens with one attached hydrogen (secondary N) is 2. The van der Waals surface area contributed by atoms with E-state index in [0.717, 1.165) is 31.0 Å². The van der Waals surface area contributed by atoms with Crippen LogP contribution in [0.15, 0.2) is 41.7 Å². The molecule has 2 N–H and O–H groups in total. The molecule has 6 heteroatoms. The van der Waals surface area contributed by atoms with Crippen LogP contribution in [-0.4, -0.2) is 28.8 Å². The number of guanidine groups is 1. The van der Waals surface area contributed by atoms with E-state index in [1.54, 1.807) is 10.7 Å². The first-order valence-corrected chi connectivity index (χ1v) is 7.41. The van der Waals surface area contributed by atoms with Gasteiger partial charge in [-0.05, 0) is 36.6 Å². The average Bonchev–Trinajstić information content (AvgIpc) is 2.90. The molecule has 22 heavy (non-hydrogen) atoms. The van der Waals surface area contributed by atoms with Crippen molar-refractivity contribution >= 4 is 5.96 Å². The molecule has 0 bridgehead atoms. The van der Waals surface area contributed by atoms with Gasteiger partial charge in [0.05, 0.1) is 12.7 Å².